The van der Waals surface area contributed by atoms with Crippen LogP contribution in [0, 0.1) is 13.8 Å². The first-order valence-electron chi connectivity index (χ1n) is 5.59. The first-order chi connectivity index (χ1) is 8.15. The van der Waals surface area contributed by atoms with E-state index >= 15 is 0 Å². The van der Waals surface area contributed by atoms with Crippen molar-refractivity contribution in [3.63, 3.8) is 0 Å². The van der Waals surface area contributed by atoms with Crippen LogP contribution < -0.4 is 4.74 Å². The quantitative estimate of drug-likeness (QED) is 0.800. The highest BCUT2D eigenvalue weighted by atomic mass is 79.9. The molecule has 0 N–H and O–H groups in total. The number of aryl methyl sites for hydroxylation is 2. The van der Waals surface area contributed by atoms with Crippen LogP contribution in [0.25, 0.3) is 0 Å². The Balaban J connectivity index is 2.09. The van der Waals surface area contributed by atoms with Crippen molar-refractivity contribution >= 4 is 15.9 Å². The molecule has 1 nitrogen and oxygen atoms in total. The fourth-order valence-electron chi connectivity index (χ4n) is 1.65. The lowest BCUT2D eigenvalue weighted by molar-refractivity contribution is 0.304. The number of ether oxygens (including phenoxy) is 1. The van der Waals surface area contributed by atoms with Gasteiger partial charge in [0.05, 0.1) is 0 Å². The van der Waals surface area contributed by atoms with Crippen LogP contribution >= 0.6 is 15.9 Å². The normalized spacial score (nSPS) is 10.3. The fourth-order valence-corrected chi connectivity index (χ4v) is 2.10. The first kappa shape index (κ1) is 12.2. The van der Waals surface area contributed by atoms with Crippen LogP contribution in [0.1, 0.15) is 16.7 Å². The van der Waals surface area contributed by atoms with Crippen LogP contribution in [0.2, 0.25) is 0 Å². The Morgan fingerprint density at radius 3 is 2.65 bits per heavy atom. The van der Waals surface area contributed by atoms with Gasteiger partial charge in [0.15, 0.2) is 0 Å². The van der Waals surface area contributed by atoms with Gasteiger partial charge in [-0.15, -0.1) is 0 Å². The highest BCUT2D eigenvalue weighted by Gasteiger charge is 2.01. The van der Waals surface area contributed by atoms with E-state index < -0.39 is 0 Å². The molecule has 0 spiro atoms. The second-order valence-electron chi connectivity index (χ2n) is 4.19. The molecule has 0 amide bonds. The van der Waals surface area contributed by atoms with E-state index in [1.165, 1.54) is 16.7 Å². The smallest absolute Gasteiger partial charge is 0.122 e. The van der Waals surface area contributed by atoms with Crippen LogP contribution in [-0.2, 0) is 6.61 Å². The molecule has 2 rings (SSSR count). The molecular weight excluding hydrogens is 276 g/mol. The largest absolute Gasteiger partial charge is 0.489 e. The predicted octanol–water partition coefficient (Wildman–Crippen LogP) is 4.64. The molecule has 88 valence electrons. The van der Waals surface area contributed by atoms with Gasteiger partial charge in [0.1, 0.15) is 12.4 Å². The molecule has 0 aliphatic rings. The molecule has 2 heteroatoms. The zero-order valence-corrected chi connectivity index (χ0v) is 11.6. The van der Waals surface area contributed by atoms with E-state index in [2.05, 4.69) is 60.1 Å². The monoisotopic (exact) mass is 290 g/mol. The van der Waals surface area contributed by atoms with E-state index in [0.29, 0.717) is 6.61 Å². The molecule has 0 aromatic heterocycles. The Hall–Kier alpha value is -1.28. The van der Waals surface area contributed by atoms with Gasteiger partial charge >= 0.3 is 0 Å². The average Bonchev–Trinajstić information content (AvgIpc) is 2.30. The predicted molar refractivity (Wildman–Crippen MR) is 74.4 cm³/mol. The minimum Gasteiger partial charge on any atom is -0.489 e. The van der Waals surface area contributed by atoms with Crippen LogP contribution in [0.15, 0.2) is 46.9 Å². The van der Waals surface area contributed by atoms with Gasteiger partial charge < -0.3 is 4.74 Å². The van der Waals surface area contributed by atoms with Crippen molar-refractivity contribution in [2.24, 2.45) is 0 Å². The molecule has 0 radical (unpaired) electrons. The minimum absolute atomic E-state index is 0.601. The zero-order chi connectivity index (χ0) is 12.3. The summed E-state index contributed by atoms with van der Waals surface area (Å²) in [7, 11) is 0. The van der Waals surface area contributed by atoms with Crippen molar-refractivity contribution in [1.29, 1.82) is 0 Å². The second kappa shape index (κ2) is 5.37. The van der Waals surface area contributed by atoms with Crippen LogP contribution in [-0.4, -0.2) is 0 Å². The maximum Gasteiger partial charge on any atom is 0.122 e. The van der Waals surface area contributed by atoms with Crippen LogP contribution in [0.4, 0.5) is 0 Å². The number of halogens is 1. The first-order valence-corrected chi connectivity index (χ1v) is 6.39. The molecule has 0 atom stereocenters. The summed E-state index contributed by atoms with van der Waals surface area (Å²) in [5, 5.41) is 0. The van der Waals surface area contributed by atoms with Crippen LogP contribution in [0.3, 0.4) is 0 Å². The number of rotatable bonds is 3. The maximum atomic E-state index is 5.84. The van der Waals surface area contributed by atoms with Gasteiger partial charge in [0.25, 0.3) is 0 Å². The third kappa shape index (κ3) is 3.34. The summed E-state index contributed by atoms with van der Waals surface area (Å²) < 4.78 is 6.92. The molecule has 2 aromatic carbocycles. The van der Waals surface area contributed by atoms with Gasteiger partial charge in [-0.1, -0.05) is 40.2 Å². The molecule has 0 heterocycles. The molecule has 0 saturated carbocycles. The third-order valence-corrected chi connectivity index (χ3v) is 3.12. The SMILES string of the molecule is Cc1ccc(C)c(OCc2cccc(Br)c2)c1. The molecule has 17 heavy (non-hydrogen) atoms. The topological polar surface area (TPSA) is 9.23 Å². The number of hydrogen-bond donors (Lipinski definition) is 0. The van der Waals surface area contributed by atoms with Crippen molar-refractivity contribution < 1.29 is 4.74 Å². The summed E-state index contributed by atoms with van der Waals surface area (Å²) in [6, 6.07) is 14.4. The van der Waals surface area contributed by atoms with E-state index in [0.717, 1.165) is 10.2 Å². The van der Waals surface area contributed by atoms with Crippen LogP contribution in [0.5, 0.6) is 5.75 Å². The van der Waals surface area contributed by atoms with Crippen molar-refractivity contribution in [2.75, 3.05) is 0 Å². The van der Waals surface area contributed by atoms with Crippen molar-refractivity contribution in [3.8, 4) is 5.75 Å². The summed E-state index contributed by atoms with van der Waals surface area (Å²) in [5.41, 5.74) is 3.56. The van der Waals surface area contributed by atoms with Gasteiger partial charge in [-0.05, 0) is 48.7 Å². The molecule has 0 saturated heterocycles. The molecule has 2 aromatic rings. The lowest BCUT2D eigenvalue weighted by Crippen LogP contribution is -1.97. The summed E-state index contributed by atoms with van der Waals surface area (Å²) in [5.74, 6) is 0.963. The highest BCUT2D eigenvalue weighted by molar-refractivity contribution is 9.10. The molecular formula is C15H15BrO. The van der Waals surface area contributed by atoms with E-state index in [9.17, 15) is 0 Å². The molecule has 0 aliphatic heterocycles. The average molecular weight is 291 g/mol. The summed E-state index contributed by atoms with van der Waals surface area (Å²) in [4.78, 5) is 0. The zero-order valence-electron chi connectivity index (χ0n) is 10.0. The van der Waals surface area contributed by atoms with Gasteiger partial charge in [-0.25, -0.2) is 0 Å². The number of benzene rings is 2. The molecule has 0 unspecified atom stereocenters. The fraction of sp³-hybridized carbons (Fsp3) is 0.200. The second-order valence-corrected chi connectivity index (χ2v) is 5.10. The van der Waals surface area contributed by atoms with E-state index in [4.69, 9.17) is 4.74 Å². The van der Waals surface area contributed by atoms with Gasteiger partial charge in [-0.2, -0.15) is 0 Å². The molecule has 0 fully saturated rings. The lowest BCUT2D eigenvalue weighted by atomic mass is 10.1. The van der Waals surface area contributed by atoms with Gasteiger partial charge in [0.2, 0.25) is 0 Å². The Labute approximate surface area is 111 Å². The van der Waals surface area contributed by atoms with Crippen molar-refractivity contribution in [3.05, 3.63) is 63.6 Å². The van der Waals surface area contributed by atoms with Gasteiger partial charge in [0, 0.05) is 4.47 Å². The standard InChI is InChI=1S/C15H15BrO/c1-11-6-7-12(2)15(8-11)17-10-13-4-3-5-14(16)9-13/h3-9H,10H2,1-2H3. The molecule has 0 bridgehead atoms. The van der Waals surface area contributed by atoms with Gasteiger partial charge in [-0.3, -0.25) is 0 Å². The minimum atomic E-state index is 0.601. The maximum absolute atomic E-state index is 5.84. The molecule has 0 aliphatic carbocycles. The van der Waals surface area contributed by atoms with Crippen molar-refractivity contribution in [2.45, 2.75) is 20.5 Å². The summed E-state index contributed by atoms with van der Waals surface area (Å²) >= 11 is 3.46. The Kier molecular flexibility index (Phi) is 3.85. The Morgan fingerprint density at radius 2 is 1.88 bits per heavy atom. The van der Waals surface area contributed by atoms with E-state index in [1.807, 2.05) is 12.1 Å². The summed E-state index contributed by atoms with van der Waals surface area (Å²) in [6.07, 6.45) is 0. The highest BCUT2D eigenvalue weighted by Crippen LogP contribution is 2.21. The third-order valence-electron chi connectivity index (χ3n) is 2.63. The van der Waals surface area contributed by atoms with E-state index in [1.54, 1.807) is 0 Å². The summed E-state index contributed by atoms with van der Waals surface area (Å²) in [6.45, 7) is 4.74. The Morgan fingerprint density at radius 1 is 1.06 bits per heavy atom. The van der Waals surface area contributed by atoms with Crippen molar-refractivity contribution in [1.82, 2.24) is 0 Å². The number of hydrogen-bond acceptors (Lipinski definition) is 1. The lowest BCUT2D eigenvalue weighted by Gasteiger charge is -2.10. The van der Waals surface area contributed by atoms with E-state index in [-0.39, 0.29) is 0 Å². The Bertz CT molecular complexity index is 520.